The van der Waals surface area contributed by atoms with Crippen molar-refractivity contribution in [1.82, 2.24) is 9.55 Å². The molecule has 0 amide bonds. The SMILES string of the molecule is O=Cc1nc(Cc2ccccc2)cn1Cc1ccccc1. The molecule has 21 heavy (non-hydrogen) atoms. The van der Waals surface area contributed by atoms with Gasteiger partial charge < -0.3 is 4.57 Å². The second-order valence-electron chi connectivity index (χ2n) is 4.98. The van der Waals surface area contributed by atoms with E-state index in [1.165, 1.54) is 5.56 Å². The van der Waals surface area contributed by atoms with Gasteiger partial charge in [0.25, 0.3) is 0 Å². The standard InChI is InChI=1S/C18H16N2O/c21-14-18-19-17(11-15-7-3-1-4-8-15)13-20(18)12-16-9-5-2-6-10-16/h1-10,13-14H,11-12H2. The second-order valence-corrected chi connectivity index (χ2v) is 4.98. The van der Waals surface area contributed by atoms with Gasteiger partial charge in [-0.15, -0.1) is 0 Å². The minimum atomic E-state index is 0.477. The van der Waals surface area contributed by atoms with Crippen LogP contribution in [0.4, 0.5) is 0 Å². The summed E-state index contributed by atoms with van der Waals surface area (Å²) in [4.78, 5) is 15.6. The molecule has 2 aromatic carbocycles. The number of imidazole rings is 1. The van der Waals surface area contributed by atoms with E-state index in [0.29, 0.717) is 12.4 Å². The van der Waals surface area contributed by atoms with E-state index in [-0.39, 0.29) is 0 Å². The Hall–Kier alpha value is -2.68. The first kappa shape index (κ1) is 13.3. The fraction of sp³-hybridized carbons (Fsp3) is 0.111. The Labute approximate surface area is 123 Å². The van der Waals surface area contributed by atoms with Crippen LogP contribution in [-0.4, -0.2) is 15.8 Å². The Morgan fingerprint density at radius 2 is 1.52 bits per heavy atom. The molecular formula is C18H16N2O. The number of hydrogen-bond donors (Lipinski definition) is 0. The van der Waals surface area contributed by atoms with Crippen LogP contribution >= 0.6 is 0 Å². The summed E-state index contributed by atoms with van der Waals surface area (Å²) >= 11 is 0. The largest absolute Gasteiger partial charge is 0.324 e. The molecule has 0 saturated heterocycles. The molecule has 0 radical (unpaired) electrons. The maximum absolute atomic E-state index is 11.2. The molecule has 0 aliphatic rings. The molecule has 0 unspecified atom stereocenters. The smallest absolute Gasteiger partial charge is 0.185 e. The van der Waals surface area contributed by atoms with Gasteiger partial charge in [0.05, 0.1) is 5.69 Å². The van der Waals surface area contributed by atoms with Gasteiger partial charge in [0.1, 0.15) is 0 Å². The van der Waals surface area contributed by atoms with Crippen molar-refractivity contribution in [3.05, 3.63) is 89.5 Å². The average molecular weight is 276 g/mol. The maximum Gasteiger partial charge on any atom is 0.185 e. The van der Waals surface area contributed by atoms with Gasteiger partial charge in [-0.3, -0.25) is 4.79 Å². The fourth-order valence-corrected chi connectivity index (χ4v) is 2.38. The average Bonchev–Trinajstić information content (AvgIpc) is 2.91. The minimum Gasteiger partial charge on any atom is -0.324 e. The van der Waals surface area contributed by atoms with Crippen LogP contribution in [0.2, 0.25) is 0 Å². The quantitative estimate of drug-likeness (QED) is 0.670. The summed E-state index contributed by atoms with van der Waals surface area (Å²) in [7, 11) is 0. The molecular weight excluding hydrogens is 260 g/mol. The zero-order valence-corrected chi connectivity index (χ0v) is 11.6. The maximum atomic E-state index is 11.2. The van der Waals surface area contributed by atoms with Crippen LogP contribution in [0.1, 0.15) is 27.4 Å². The lowest BCUT2D eigenvalue weighted by Gasteiger charge is -2.03. The van der Waals surface area contributed by atoms with Gasteiger partial charge >= 0.3 is 0 Å². The van der Waals surface area contributed by atoms with E-state index in [9.17, 15) is 4.79 Å². The van der Waals surface area contributed by atoms with Crippen LogP contribution in [0, 0.1) is 0 Å². The summed E-state index contributed by atoms with van der Waals surface area (Å²) in [5, 5.41) is 0. The van der Waals surface area contributed by atoms with Crippen LogP contribution in [0.15, 0.2) is 66.9 Å². The second kappa shape index (κ2) is 6.18. The first-order valence-electron chi connectivity index (χ1n) is 6.94. The van der Waals surface area contributed by atoms with E-state index in [4.69, 9.17) is 0 Å². The zero-order valence-electron chi connectivity index (χ0n) is 11.6. The molecule has 1 aromatic heterocycles. The molecule has 104 valence electrons. The molecule has 0 fully saturated rings. The number of carbonyl (C=O) groups is 1. The molecule has 3 rings (SSSR count). The van der Waals surface area contributed by atoms with Crippen molar-refractivity contribution in [3.63, 3.8) is 0 Å². The van der Waals surface area contributed by atoms with Gasteiger partial charge in [-0.1, -0.05) is 60.7 Å². The summed E-state index contributed by atoms with van der Waals surface area (Å²) < 4.78 is 1.90. The van der Waals surface area contributed by atoms with Crippen molar-refractivity contribution in [2.45, 2.75) is 13.0 Å². The number of aromatic nitrogens is 2. The number of nitrogens with zero attached hydrogens (tertiary/aromatic N) is 2. The van der Waals surface area contributed by atoms with Crippen LogP contribution in [0.5, 0.6) is 0 Å². The molecule has 0 aliphatic heterocycles. The Balaban J connectivity index is 1.83. The van der Waals surface area contributed by atoms with Crippen LogP contribution in [0.25, 0.3) is 0 Å². The molecule has 3 aromatic rings. The number of rotatable bonds is 5. The molecule has 3 nitrogen and oxygen atoms in total. The van der Waals surface area contributed by atoms with E-state index in [0.717, 1.165) is 24.0 Å². The first-order valence-corrected chi connectivity index (χ1v) is 6.94. The predicted molar refractivity (Wildman–Crippen MR) is 82.4 cm³/mol. The van der Waals surface area contributed by atoms with Gasteiger partial charge in [0.15, 0.2) is 12.1 Å². The van der Waals surface area contributed by atoms with E-state index in [2.05, 4.69) is 17.1 Å². The molecule has 0 aliphatic carbocycles. The molecule has 0 N–H and O–H groups in total. The minimum absolute atomic E-state index is 0.477. The highest BCUT2D eigenvalue weighted by molar-refractivity contribution is 5.69. The zero-order chi connectivity index (χ0) is 14.5. The fourth-order valence-electron chi connectivity index (χ4n) is 2.38. The van der Waals surface area contributed by atoms with Crippen molar-refractivity contribution >= 4 is 6.29 Å². The Morgan fingerprint density at radius 1 is 0.905 bits per heavy atom. The topological polar surface area (TPSA) is 34.9 Å². The lowest BCUT2D eigenvalue weighted by Crippen LogP contribution is -2.02. The first-order chi connectivity index (χ1) is 10.3. The molecule has 0 atom stereocenters. The predicted octanol–water partition coefficient (Wildman–Crippen LogP) is 3.33. The normalized spacial score (nSPS) is 10.5. The molecule has 1 heterocycles. The van der Waals surface area contributed by atoms with Gasteiger partial charge in [0.2, 0.25) is 0 Å². The van der Waals surface area contributed by atoms with Gasteiger partial charge in [-0.25, -0.2) is 4.98 Å². The van der Waals surface area contributed by atoms with E-state index >= 15 is 0 Å². The van der Waals surface area contributed by atoms with Gasteiger partial charge in [-0.05, 0) is 11.1 Å². The highest BCUT2D eigenvalue weighted by Gasteiger charge is 2.08. The lowest BCUT2D eigenvalue weighted by atomic mass is 10.1. The van der Waals surface area contributed by atoms with Gasteiger partial charge in [0, 0.05) is 19.2 Å². The number of carbonyl (C=O) groups excluding carboxylic acids is 1. The van der Waals surface area contributed by atoms with E-state index in [1.807, 2.05) is 59.3 Å². The third-order valence-corrected chi connectivity index (χ3v) is 3.39. The van der Waals surface area contributed by atoms with Crippen molar-refractivity contribution in [2.75, 3.05) is 0 Å². The Kier molecular flexibility index (Phi) is 3.92. The monoisotopic (exact) mass is 276 g/mol. The molecule has 0 bridgehead atoms. The molecule has 3 heteroatoms. The summed E-state index contributed by atoms with van der Waals surface area (Å²) in [5.41, 5.74) is 3.27. The summed E-state index contributed by atoms with van der Waals surface area (Å²) in [6.07, 6.45) is 3.52. The lowest BCUT2D eigenvalue weighted by molar-refractivity contribution is 0.111. The van der Waals surface area contributed by atoms with Crippen molar-refractivity contribution in [2.24, 2.45) is 0 Å². The Bertz CT molecular complexity index is 717. The van der Waals surface area contributed by atoms with E-state index in [1.54, 1.807) is 0 Å². The molecule has 0 saturated carbocycles. The van der Waals surface area contributed by atoms with Crippen molar-refractivity contribution < 1.29 is 4.79 Å². The number of hydrogen-bond acceptors (Lipinski definition) is 2. The summed E-state index contributed by atoms with van der Waals surface area (Å²) in [6, 6.07) is 20.2. The molecule has 0 spiro atoms. The summed E-state index contributed by atoms with van der Waals surface area (Å²) in [6.45, 7) is 0.663. The highest BCUT2D eigenvalue weighted by Crippen LogP contribution is 2.11. The van der Waals surface area contributed by atoms with Crippen LogP contribution in [-0.2, 0) is 13.0 Å². The number of aldehydes is 1. The van der Waals surface area contributed by atoms with Gasteiger partial charge in [-0.2, -0.15) is 0 Å². The van der Waals surface area contributed by atoms with Crippen molar-refractivity contribution in [3.8, 4) is 0 Å². The third kappa shape index (κ3) is 3.26. The number of benzene rings is 2. The Morgan fingerprint density at radius 3 is 2.14 bits per heavy atom. The van der Waals surface area contributed by atoms with E-state index < -0.39 is 0 Å². The van der Waals surface area contributed by atoms with Crippen LogP contribution < -0.4 is 0 Å². The highest BCUT2D eigenvalue weighted by atomic mass is 16.1. The van der Waals surface area contributed by atoms with Crippen LogP contribution in [0.3, 0.4) is 0 Å². The third-order valence-electron chi connectivity index (χ3n) is 3.39. The van der Waals surface area contributed by atoms with Crippen molar-refractivity contribution in [1.29, 1.82) is 0 Å². The summed E-state index contributed by atoms with van der Waals surface area (Å²) in [5.74, 6) is 0.477.